The molecular weight excluding hydrogens is 386 g/mol. The van der Waals surface area contributed by atoms with E-state index in [1.165, 1.54) is 5.56 Å². The van der Waals surface area contributed by atoms with Crippen molar-refractivity contribution in [3.63, 3.8) is 0 Å². The van der Waals surface area contributed by atoms with Gasteiger partial charge in [-0.1, -0.05) is 42.0 Å². The highest BCUT2D eigenvalue weighted by molar-refractivity contribution is 5.99. The molecule has 162 valence electrons. The van der Waals surface area contributed by atoms with E-state index in [1.54, 1.807) is 0 Å². The number of rotatable bonds is 5. The van der Waals surface area contributed by atoms with Crippen molar-refractivity contribution in [2.75, 3.05) is 13.1 Å². The number of carbonyl (C=O) groups excluding carboxylic acids is 2. The maximum absolute atomic E-state index is 13.1. The van der Waals surface area contributed by atoms with Gasteiger partial charge in [0.1, 0.15) is 5.69 Å². The molecule has 2 aromatic carbocycles. The van der Waals surface area contributed by atoms with E-state index in [2.05, 4.69) is 30.4 Å². The number of piperidine rings is 1. The third kappa shape index (κ3) is 4.66. The van der Waals surface area contributed by atoms with Crippen LogP contribution in [0.25, 0.3) is 10.9 Å². The van der Waals surface area contributed by atoms with Crippen molar-refractivity contribution in [2.45, 2.75) is 39.2 Å². The molecule has 2 heterocycles. The standard InChI is InChI=1S/C26H31N3O2/c1-18-9-10-23-22(15-18)17-24(28(23)3)26(31)29-13-11-20(12-14-29)16-25(30)27-19(2)21-7-5-4-6-8-21/h4-10,15,17,19-20H,11-14,16H2,1-3H3,(H,27,30)/t19-/m1/s1. The van der Waals surface area contributed by atoms with Crippen LogP contribution in [-0.2, 0) is 11.8 Å². The van der Waals surface area contributed by atoms with Crippen molar-refractivity contribution in [1.29, 1.82) is 0 Å². The van der Waals surface area contributed by atoms with E-state index in [-0.39, 0.29) is 17.9 Å². The molecule has 1 aromatic heterocycles. The quantitative estimate of drug-likeness (QED) is 0.659. The Labute approximate surface area is 184 Å². The van der Waals surface area contributed by atoms with Crippen molar-refractivity contribution in [3.8, 4) is 0 Å². The summed E-state index contributed by atoms with van der Waals surface area (Å²) in [6.07, 6.45) is 2.25. The highest BCUT2D eigenvalue weighted by atomic mass is 16.2. The molecule has 0 bridgehead atoms. The van der Waals surface area contributed by atoms with Crippen molar-refractivity contribution in [3.05, 3.63) is 71.4 Å². The molecule has 0 radical (unpaired) electrons. The Morgan fingerprint density at radius 1 is 1.06 bits per heavy atom. The fraction of sp³-hybridized carbons (Fsp3) is 0.385. The predicted octanol–water partition coefficient (Wildman–Crippen LogP) is 4.61. The lowest BCUT2D eigenvalue weighted by atomic mass is 9.92. The van der Waals surface area contributed by atoms with Crippen LogP contribution < -0.4 is 5.32 Å². The van der Waals surface area contributed by atoms with Crippen LogP contribution in [0.3, 0.4) is 0 Å². The monoisotopic (exact) mass is 417 g/mol. The zero-order chi connectivity index (χ0) is 22.0. The van der Waals surface area contributed by atoms with E-state index in [0.717, 1.165) is 35.0 Å². The average molecular weight is 418 g/mol. The number of hydrogen-bond acceptors (Lipinski definition) is 2. The minimum Gasteiger partial charge on any atom is -0.350 e. The van der Waals surface area contributed by atoms with Gasteiger partial charge in [-0.15, -0.1) is 0 Å². The summed E-state index contributed by atoms with van der Waals surface area (Å²) in [5, 5.41) is 4.21. The van der Waals surface area contributed by atoms with Gasteiger partial charge in [-0.2, -0.15) is 0 Å². The predicted molar refractivity (Wildman–Crippen MR) is 124 cm³/mol. The Kier molecular flexibility index (Phi) is 6.12. The Hall–Kier alpha value is -3.08. The van der Waals surface area contributed by atoms with Gasteiger partial charge >= 0.3 is 0 Å². The fourth-order valence-corrected chi connectivity index (χ4v) is 4.56. The van der Waals surface area contributed by atoms with Gasteiger partial charge in [-0.3, -0.25) is 9.59 Å². The maximum atomic E-state index is 13.1. The van der Waals surface area contributed by atoms with Gasteiger partial charge in [0.25, 0.3) is 5.91 Å². The van der Waals surface area contributed by atoms with Crippen molar-refractivity contribution < 1.29 is 9.59 Å². The Morgan fingerprint density at radius 3 is 2.48 bits per heavy atom. The molecule has 1 saturated heterocycles. The number of aryl methyl sites for hydroxylation is 2. The minimum atomic E-state index is 0.00507. The summed E-state index contributed by atoms with van der Waals surface area (Å²) in [7, 11) is 1.95. The largest absolute Gasteiger partial charge is 0.350 e. The smallest absolute Gasteiger partial charge is 0.270 e. The summed E-state index contributed by atoms with van der Waals surface area (Å²) >= 11 is 0. The van der Waals surface area contributed by atoms with Gasteiger partial charge in [0, 0.05) is 37.5 Å². The van der Waals surface area contributed by atoms with Crippen LogP contribution in [0.1, 0.15) is 53.8 Å². The molecule has 4 rings (SSSR count). The Morgan fingerprint density at radius 2 is 1.77 bits per heavy atom. The van der Waals surface area contributed by atoms with Gasteiger partial charge in [0.15, 0.2) is 0 Å². The molecule has 0 unspecified atom stereocenters. The number of fused-ring (bicyclic) bond motifs is 1. The van der Waals surface area contributed by atoms with Crippen molar-refractivity contribution >= 4 is 22.7 Å². The first-order chi connectivity index (χ1) is 14.9. The minimum absolute atomic E-state index is 0.00507. The number of aromatic nitrogens is 1. The third-order valence-electron chi connectivity index (χ3n) is 6.47. The van der Waals surface area contributed by atoms with E-state index in [9.17, 15) is 9.59 Å². The van der Waals surface area contributed by atoms with E-state index < -0.39 is 0 Å². The maximum Gasteiger partial charge on any atom is 0.270 e. The molecule has 1 atom stereocenters. The van der Waals surface area contributed by atoms with E-state index in [1.807, 2.05) is 59.8 Å². The van der Waals surface area contributed by atoms with Crippen molar-refractivity contribution in [2.24, 2.45) is 13.0 Å². The van der Waals surface area contributed by atoms with Crippen LogP contribution in [0.2, 0.25) is 0 Å². The lowest BCUT2D eigenvalue weighted by Gasteiger charge is -2.32. The van der Waals surface area contributed by atoms with Gasteiger partial charge in [0.2, 0.25) is 5.91 Å². The van der Waals surface area contributed by atoms with Gasteiger partial charge in [0.05, 0.1) is 6.04 Å². The summed E-state index contributed by atoms with van der Waals surface area (Å²) in [6, 6.07) is 18.3. The number of nitrogens with zero attached hydrogens (tertiary/aromatic N) is 2. The first-order valence-electron chi connectivity index (χ1n) is 11.1. The molecule has 1 fully saturated rings. The summed E-state index contributed by atoms with van der Waals surface area (Å²) in [4.78, 5) is 27.6. The topological polar surface area (TPSA) is 54.3 Å². The van der Waals surface area contributed by atoms with Crippen LogP contribution in [0.15, 0.2) is 54.6 Å². The second-order valence-electron chi connectivity index (χ2n) is 8.79. The number of amides is 2. The summed E-state index contributed by atoms with van der Waals surface area (Å²) in [5.41, 5.74) is 4.11. The van der Waals surface area contributed by atoms with Gasteiger partial charge in [-0.25, -0.2) is 0 Å². The van der Waals surface area contributed by atoms with Crippen LogP contribution in [0.4, 0.5) is 0 Å². The Bertz CT molecular complexity index is 1080. The zero-order valence-corrected chi connectivity index (χ0v) is 18.6. The molecule has 0 aliphatic carbocycles. The molecule has 2 amide bonds. The number of hydrogen-bond donors (Lipinski definition) is 1. The Balaban J connectivity index is 1.32. The van der Waals surface area contributed by atoms with Gasteiger partial charge in [-0.05, 0) is 56.4 Å². The first kappa shape index (κ1) is 21.2. The molecule has 5 heteroatoms. The fourth-order valence-electron chi connectivity index (χ4n) is 4.56. The molecule has 1 aliphatic heterocycles. The molecule has 0 saturated carbocycles. The molecule has 31 heavy (non-hydrogen) atoms. The number of likely N-dealkylation sites (tertiary alicyclic amines) is 1. The van der Waals surface area contributed by atoms with Crippen LogP contribution in [-0.4, -0.2) is 34.4 Å². The average Bonchev–Trinajstić information content (AvgIpc) is 3.09. The molecule has 1 N–H and O–H groups in total. The molecular formula is C26H31N3O2. The lowest BCUT2D eigenvalue weighted by molar-refractivity contribution is -0.122. The highest BCUT2D eigenvalue weighted by Gasteiger charge is 2.27. The SMILES string of the molecule is Cc1ccc2c(c1)cc(C(=O)N1CCC(CC(=O)N[C@H](C)c3ccccc3)CC1)n2C. The zero-order valence-electron chi connectivity index (χ0n) is 18.6. The molecule has 1 aliphatic rings. The first-order valence-corrected chi connectivity index (χ1v) is 11.1. The van der Waals surface area contributed by atoms with Crippen LogP contribution >= 0.6 is 0 Å². The lowest BCUT2D eigenvalue weighted by Crippen LogP contribution is -2.40. The van der Waals surface area contributed by atoms with Crippen LogP contribution in [0.5, 0.6) is 0 Å². The molecule has 5 nitrogen and oxygen atoms in total. The summed E-state index contributed by atoms with van der Waals surface area (Å²) in [5.74, 6) is 0.490. The van der Waals surface area contributed by atoms with E-state index in [4.69, 9.17) is 0 Å². The van der Waals surface area contributed by atoms with E-state index in [0.29, 0.717) is 25.4 Å². The van der Waals surface area contributed by atoms with Crippen molar-refractivity contribution in [1.82, 2.24) is 14.8 Å². The number of carbonyl (C=O) groups is 2. The number of nitrogens with one attached hydrogen (secondary N) is 1. The van der Waals surface area contributed by atoms with E-state index >= 15 is 0 Å². The second kappa shape index (κ2) is 8.96. The third-order valence-corrected chi connectivity index (χ3v) is 6.47. The summed E-state index contributed by atoms with van der Waals surface area (Å²) < 4.78 is 1.99. The summed E-state index contributed by atoms with van der Waals surface area (Å²) in [6.45, 7) is 5.48. The molecule has 0 spiro atoms. The highest BCUT2D eigenvalue weighted by Crippen LogP contribution is 2.25. The van der Waals surface area contributed by atoms with Crippen LogP contribution in [0, 0.1) is 12.8 Å². The second-order valence-corrected chi connectivity index (χ2v) is 8.79. The number of benzene rings is 2. The molecule has 3 aromatic rings. The normalized spacial score (nSPS) is 15.8. The van der Waals surface area contributed by atoms with Gasteiger partial charge < -0.3 is 14.8 Å².